The highest BCUT2D eigenvalue weighted by molar-refractivity contribution is 6.05. The number of benzene rings is 3. The van der Waals surface area contributed by atoms with Crippen molar-refractivity contribution in [3.8, 4) is 51.7 Å². The van der Waals surface area contributed by atoms with Crippen molar-refractivity contribution in [2.45, 2.75) is 68.9 Å². The van der Waals surface area contributed by atoms with Crippen molar-refractivity contribution in [2.24, 2.45) is 0 Å². The Balaban J connectivity index is 1.27. The smallest absolute Gasteiger partial charge is 0.335 e. The Bertz CT molecular complexity index is 2000. The summed E-state index contributed by atoms with van der Waals surface area (Å²) >= 11 is 0. The number of carbonyl (C=O) groups excluding carboxylic acids is 1. The first-order chi connectivity index (χ1) is 23.7. The van der Waals surface area contributed by atoms with E-state index >= 15 is 0 Å². The molecule has 9 heteroatoms. The number of aromatic hydroxyl groups is 3. The Morgan fingerprint density at radius 1 is 1.02 bits per heavy atom. The summed E-state index contributed by atoms with van der Waals surface area (Å²) in [6.07, 6.45) is 4.62. The molecule has 1 aromatic heterocycles. The summed E-state index contributed by atoms with van der Waals surface area (Å²) in [7, 11) is 1.37. The van der Waals surface area contributed by atoms with Crippen LogP contribution in [0.1, 0.15) is 79.0 Å². The van der Waals surface area contributed by atoms with Gasteiger partial charge in [0.05, 0.1) is 24.6 Å². The standard InChI is InChI=1S/C40H40N3O6/c1-40(14-3-4-15-40)32-20-29-25-7-5-6-23(18-25)19-26(8-11-27-22-43(17-16-41-27)39(29)42-32)33-35(46)38(48-2)36(47)34-30(45)21-31(49-37(33)34)24-9-12-28(44)13-10-24/h5-7,9-10,12-13,18,20,26-27,31,41,44H,3-4,14-17,19,21-22H2,1-2H3,(H2,45,46,47)/q-1/p+1. The second-order valence-electron chi connectivity index (χ2n) is 14.0. The highest BCUT2D eigenvalue weighted by Gasteiger charge is 2.42. The van der Waals surface area contributed by atoms with Crippen LogP contribution in [0.15, 0.2) is 54.6 Å². The van der Waals surface area contributed by atoms with Gasteiger partial charge in [0.25, 0.3) is 0 Å². The Morgan fingerprint density at radius 2 is 1.82 bits per heavy atom. The number of methoxy groups -OCH3 is 1. The van der Waals surface area contributed by atoms with Crippen molar-refractivity contribution in [3.63, 3.8) is 0 Å². The number of nitrogens with zero attached hydrogens (tertiary/aromatic N) is 2. The number of rotatable bonds is 4. The Hall–Kier alpha value is -5.07. The van der Waals surface area contributed by atoms with Gasteiger partial charge in [0.15, 0.2) is 17.1 Å². The molecule has 9 nitrogen and oxygen atoms in total. The Labute approximate surface area is 285 Å². The van der Waals surface area contributed by atoms with Gasteiger partial charge in [-0.25, -0.2) is 0 Å². The van der Waals surface area contributed by atoms with Crippen molar-refractivity contribution in [2.75, 3.05) is 31.6 Å². The number of aromatic nitrogens is 1. The molecule has 252 valence electrons. The van der Waals surface area contributed by atoms with E-state index in [1.807, 2.05) is 0 Å². The fourth-order valence-electron chi connectivity index (χ4n) is 8.09. The lowest BCUT2D eigenvalue weighted by Crippen LogP contribution is -2.50. The number of hydrogen-bond acceptors (Lipinski definition) is 7. The average molecular weight is 660 g/mol. The second-order valence-corrected chi connectivity index (χ2v) is 14.0. The predicted molar refractivity (Wildman–Crippen MR) is 188 cm³/mol. The van der Waals surface area contributed by atoms with Crippen molar-refractivity contribution >= 4 is 11.6 Å². The van der Waals surface area contributed by atoms with Crippen LogP contribution in [0.2, 0.25) is 0 Å². The van der Waals surface area contributed by atoms with Crippen molar-refractivity contribution in [1.29, 1.82) is 0 Å². The molecule has 2 fully saturated rings. The zero-order valence-electron chi connectivity index (χ0n) is 27.8. The van der Waals surface area contributed by atoms with E-state index in [-0.39, 0.29) is 52.2 Å². The number of phenolic OH excluding ortho intramolecular Hbond substituents is 3. The Morgan fingerprint density at radius 3 is 2.59 bits per heavy atom. The van der Waals surface area contributed by atoms with E-state index in [0.29, 0.717) is 18.5 Å². The SMILES string of the molecule is COc1c(O)c2c(c(C3C#CC4CN(CCN4)c4[n-]c(C5(C)CCCC5)cc4-c4cccc(c4)C3)c1O)OC(c1ccc(O)cc1)CC2=[OH+]. The number of fused-ring (bicyclic) bond motifs is 8. The number of nitrogens with one attached hydrogen (secondary N) is 1. The van der Waals surface area contributed by atoms with Crippen LogP contribution in [-0.2, 0) is 11.8 Å². The molecule has 0 amide bonds. The third kappa shape index (κ3) is 5.44. The van der Waals surface area contributed by atoms with Crippen LogP contribution in [0, 0.1) is 11.8 Å². The largest absolute Gasteiger partial charge is 0.508 e. The van der Waals surface area contributed by atoms with Gasteiger partial charge in [0.1, 0.15) is 24.0 Å². The highest BCUT2D eigenvalue weighted by Crippen LogP contribution is 2.54. The third-order valence-corrected chi connectivity index (χ3v) is 10.8. The highest BCUT2D eigenvalue weighted by atomic mass is 16.5. The lowest BCUT2D eigenvalue weighted by atomic mass is 9.84. The summed E-state index contributed by atoms with van der Waals surface area (Å²) in [4.78, 5) is 19.0. The number of ketones is 1. The Kier molecular flexibility index (Phi) is 7.72. The second kappa shape index (κ2) is 12.1. The molecule has 3 unspecified atom stereocenters. The van der Waals surface area contributed by atoms with Gasteiger partial charge in [-0.2, -0.15) is 0 Å². The van der Waals surface area contributed by atoms with Gasteiger partial charge in [-0.1, -0.05) is 85.6 Å². The van der Waals surface area contributed by atoms with Gasteiger partial charge in [-0.15, -0.1) is 0 Å². The quantitative estimate of drug-likeness (QED) is 0.160. The zero-order chi connectivity index (χ0) is 33.9. The van der Waals surface area contributed by atoms with E-state index in [2.05, 4.69) is 59.3 Å². The first-order valence-corrected chi connectivity index (χ1v) is 17.2. The maximum Gasteiger partial charge on any atom is 0.335 e. The minimum atomic E-state index is -0.630. The molecule has 3 aliphatic heterocycles. The maximum atomic E-state index is 11.8. The minimum Gasteiger partial charge on any atom is -0.508 e. The summed E-state index contributed by atoms with van der Waals surface area (Å²) in [6.45, 7) is 4.56. The molecular formula is C40H41N3O6. The first-order valence-electron chi connectivity index (χ1n) is 17.2. The van der Waals surface area contributed by atoms with Crippen LogP contribution in [0.4, 0.5) is 5.82 Å². The number of anilines is 1. The molecule has 1 saturated heterocycles. The summed E-state index contributed by atoms with van der Waals surface area (Å²) < 4.78 is 12.1. The third-order valence-electron chi connectivity index (χ3n) is 10.8. The van der Waals surface area contributed by atoms with Gasteiger partial charge in [-0.05, 0) is 78.7 Å². The molecule has 4 bridgehead atoms. The summed E-state index contributed by atoms with van der Waals surface area (Å²) in [5.41, 5.74) is 5.61. The summed E-state index contributed by atoms with van der Waals surface area (Å²) in [5.74, 6) is 6.74. The summed E-state index contributed by atoms with van der Waals surface area (Å²) in [6, 6.07) is 17.2. The number of phenols is 3. The normalized spacial score (nSPS) is 22.4. The van der Waals surface area contributed by atoms with Crippen LogP contribution >= 0.6 is 0 Å². The van der Waals surface area contributed by atoms with Crippen LogP contribution in [0.5, 0.6) is 28.7 Å². The number of hydrogen-bond donors (Lipinski definition) is 4. The van der Waals surface area contributed by atoms with Crippen LogP contribution < -0.4 is 24.7 Å². The first kappa shape index (κ1) is 31.2. The lowest BCUT2D eigenvalue weighted by Gasteiger charge is -2.40. The molecule has 4 aromatic rings. The molecule has 1 aliphatic carbocycles. The van der Waals surface area contributed by atoms with Crippen molar-refractivity contribution in [3.05, 3.63) is 82.5 Å². The van der Waals surface area contributed by atoms with Gasteiger partial charge in [-0.3, -0.25) is 4.79 Å². The van der Waals surface area contributed by atoms with E-state index in [0.717, 1.165) is 54.0 Å². The molecule has 1 saturated carbocycles. The van der Waals surface area contributed by atoms with Gasteiger partial charge < -0.3 is 40.0 Å². The van der Waals surface area contributed by atoms with E-state index < -0.39 is 17.8 Å². The van der Waals surface area contributed by atoms with E-state index in [1.165, 1.54) is 25.6 Å². The fraction of sp³-hybridized carbons (Fsp3) is 0.375. The lowest BCUT2D eigenvalue weighted by molar-refractivity contribution is 0.196. The van der Waals surface area contributed by atoms with E-state index in [4.69, 9.17) is 14.5 Å². The fourth-order valence-corrected chi connectivity index (χ4v) is 8.09. The molecule has 4 aliphatic rings. The molecular weight excluding hydrogens is 618 g/mol. The molecule has 3 aromatic carbocycles. The molecule has 49 heavy (non-hydrogen) atoms. The molecule has 8 rings (SSSR count). The average Bonchev–Trinajstić information content (AvgIpc) is 3.75. The monoisotopic (exact) mass is 659 g/mol. The molecule has 0 spiro atoms. The van der Waals surface area contributed by atoms with Crippen LogP contribution in [-0.4, -0.2) is 58.7 Å². The predicted octanol–water partition coefficient (Wildman–Crippen LogP) is 5.81. The maximum absolute atomic E-state index is 11.8. The number of piperazine rings is 1. The molecule has 5 N–H and O–H groups in total. The van der Waals surface area contributed by atoms with Gasteiger partial charge in [0, 0.05) is 0 Å². The topological polar surface area (TPSA) is 130 Å². The summed E-state index contributed by atoms with van der Waals surface area (Å²) in [5, 5.41) is 36.4. The molecule has 3 atom stereocenters. The number of ether oxygens (including phenoxy) is 2. The van der Waals surface area contributed by atoms with Crippen LogP contribution in [0.3, 0.4) is 0 Å². The zero-order valence-corrected chi connectivity index (χ0v) is 27.8. The van der Waals surface area contributed by atoms with Crippen LogP contribution in [0.25, 0.3) is 11.1 Å². The minimum absolute atomic E-state index is 0.0754. The van der Waals surface area contributed by atoms with Crippen molar-refractivity contribution in [1.82, 2.24) is 10.3 Å². The molecule has 4 heterocycles. The van der Waals surface area contributed by atoms with Gasteiger partial charge >= 0.3 is 5.78 Å². The van der Waals surface area contributed by atoms with E-state index in [1.54, 1.807) is 24.3 Å². The van der Waals surface area contributed by atoms with Crippen molar-refractivity contribution < 1.29 is 29.6 Å². The van der Waals surface area contributed by atoms with E-state index in [9.17, 15) is 20.1 Å². The van der Waals surface area contributed by atoms with Gasteiger partial charge in [0.2, 0.25) is 5.75 Å². The molecule has 0 radical (unpaired) electrons.